The van der Waals surface area contributed by atoms with Gasteiger partial charge in [-0.15, -0.1) is 12.4 Å². The van der Waals surface area contributed by atoms with Crippen LogP contribution in [-0.2, 0) is 10.0 Å². The summed E-state index contributed by atoms with van der Waals surface area (Å²) in [6.45, 7) is 4.89. The second kappa shape index (κ2) is 9.11. The zero-order valence-electron chi connectivity index (χ0n) is 16.2. The smallest absolute Gasteiger partial charge is 0.253 e. The Hall–Kier alpha value is -1.15. The van der Waals surface area contributed by atoms with Crippen LogP contribution in [0.25, 0.3) is 0 Å². The summed E-state index contributed by atoms with van der Waals surface area (Å²) >= 11 is 0. The van der Waals surface area contributed by atoms with Gasteiger partial charge in [-0.2, -0.15) is 4.31 Å². The van der Waals surface area contributed by atoms with Crippen LogP contribution < -0.4 is 5.32 Å². The monoisotopic (exact) mass is 427 g/mol. The van der Waals surface area contributed by atoms with Crippen molar-refractivity contribution in [2.24, 2.45) is 11.8 Å². The number of fused-ring (bicyclic) bond motifs is 1. The number of benzene rings is 1. The number of amides is 1. The number of carbonyl (C=O) groups excluding carboxylic acids is 1. The van der Waals surface area contributed by atoms with Crippen molar-refractivity contribution in [3.8, 4) is 0 Å². The molecule has 8 heteroatoms. The van der Waals surface area contributed by atoms with Gasteiger partial charge in [-0.1, -0.05) is 6.42 Å². The van der Waals surface area contributed by atoms with E-state index in [1.54, 1.807) is 28.6 Å². The van der Waals surface area contributed by atoms with Crippen molar-refractivity contribution < 1.29 is 13.2 Å². The fourth-order valence-electron chi connectivity index (χ4n) is 4.63. The molecule has 1 aromatic rings. The second-order valence-electron chi connectivity index (χ2n) is 8.04. The molecule has 3 heterocycles. The molecule has 6 nitrogen and oxygen atoms in total. The van der Waals surface area contributed by atoms with Gasteiger partial charge in [0.2, 0.25) is 10.0 Å². The SMILES string of the molecule is Cl.O=C(c1ccc(S(=O)(=O)N2CCCCC2)cc1)N1CC[C@@H]2CNC[C@@H]2CC1. The maximum atomic E-state index is 12.9. The third kappa shape index (κ3) is 4.37. The Morgan fingerprint density at radius 2 is 1.46 bits per heavy atom. The van der Waals surface area contributed by atoms with Gasteiger partial charge in [-0.25, -0.2) is 8.42 Å². The third-order valence-corrected chi connectivity index (χ3v) is 8.27. The first-order chi connectivity index (χ1) is 13.1. The Morgan fingerprint density at radius 3 is 2.04 bits per heavy atom. The van der Waals surface area contributed by atoms with E-state index < -0.39 is 10.0 Å². The van der Waals surface area contributed by atoms with E-state index in [1.165, 1.54) is 0 Å². The average molecular weight is 428 g/mol. The van der Waals surface area contributed by atoms with Gasteiger partial charge >= 0.3 is 0 Å². The van der Waals surface area contributed by atoms with Crippen LogP contribution in [0, 0.1) is 11.8 Å². The Kier molecular flexibility index (Phi) is 7.02. The van der Waals surface area contributed by atoms with E-state index >= 15 is 0 Å². The third-order valence-electron chi connectivity index (χ3n) is 6.36. The molecule has 156 valence electrons. The van der Waals surface area contributed by atoms with Crippen LogP contribution in [-0.4, -0.2) is 62.8 Å². The van der Waals surface area contributed by atoms with Crippen molar-refractivity contribution in [2.45, 2.75) is 37.0 Å². The van der Waals surface area contributed by atoms with E-state index in [0.717, 1.165) is 58.3 Å². The summed E-state index contributed by atoms with van der Waals surface area (Å²) in [4.78, 5) is 15.1. The predicted octanol–water partition coefficient (Wildman–Crippen LogP) is 2.35. The molecule has 28 heavy (non-hydrogen) atoms. The van der Waals surface area contributed by atoms with Crippen LogP contribution >= 0.6 is 12.4 Å². The molecule has 0 radical (unpaired) electrons. The van der Waals surface area contributed by atoms with Gasteiger partial charge in [-0.3, -0.25) is 4.79 Å². The minimum Gasteiger partial charge on any atom is -0.339 e. The number of nitrogens with one attached hydrogen (secondary N) is 1. The number of hydrogen-bond acceptors (Lipinski definition) is 4. The number of nitrogens with zero attached hydrogens (tertiary/aromatic N) is 2. The molecular formula is C20H30ClN3O3S. The van der Waals surface area contributed by atoms with E-state index in [-0.39, 0.29) is 23.2 Å². The Bertz CT molecular complexity index is 764. The van der Waals surface area contributed by atoms with Gasteiger partial charge < -0.3 is 10.2 Å². The topological polar surface area (TPSA) is 69.7 Å². The predicted molar refractivity (Wildman–Crippen MR) is 111 cm³/mol. The minimum absolute atomic E-state index is 0. The number of carbonyl (C=O) groups is 1. The van der Waals surface area contributed by atoms with Crippen LogP contribution in [0.5, 0.6) is 0 Å². The molecule has 1 N–H and O–H groups in total. The fourth-order valence-corrected chi connectivity index (χ4v) is 6.14. The highest BCUT2D eigenvalue weighted by Gasteiger charge is 2.32. The summed E-state index contributed by atoms with van der Waals surface area (Å²) in [5.74, 6) is 1.38. The van der Waals surface area contributed by atoms with E-state index in [2.05, 4.69) is 5.32 Å². The maximum absolute atomic E-state index is 12.9. The fraction of sp³-hybridized carbons (Fsp3) is 0.650. The lowest BCUT2D eigenvalue weighted by atomic mass is 9.92. The summed E-state index contributed by atoms with van der Waals surface area (Å²) < 4.78 is 27.1. The molecule has 3 saturated heterocycles. The molecule has 1 amide bonds. The molecule has 2 atom stereocenters. The summed E-state index contributed by atoms with van der Waals surface area (Å²) in [5.41, 5.74) is 0.581. The lowest BCUT2D eigenvalue weighted by Crippen LogP contribution is -2.35. The number of piperidine rings is 1. The van der Waals surface area contributed by atoms with Crippen LogP contribution in [0.1, 0.15) is 42.5 Å². The number of likely N-dealkylation sites (tertiary alicyclic amines) is 1. The van der Waals surface area contributed by atoms with Crippen LogP contribution in [0.2, 0.25) is 0 Å². The molecule has 0 bridgehead atoms. The highest BCUT2D eigenvalue weighted by atomic mass is 35.5. The van der Waals surface area contributed by atoms with Gasteiger partial charge in [0.1, 0.15) is 0 Å². The first-order valence-corrected chi connectivity index (χ1v) is 11.6. The molecule has 3 fully saturated rings. The number of halogens is 1. The Morgan fingerprint density at radius 1 is 0.893 bits per heavy atom. The van der Waals surface area contributed by atoms with Crippen molar-refractivity contribution in [1.29, 1.82) is 0 Å². The second-order valence-corrected chi connectivity index (χ2v) is 9.98. The number of rotatable bonds is 3. The Balaban J connectivity index is 0.00000225. The molecule has 0 aliphatic carbocycles. The van der Waals surface area contributed by atoms with Gasteiger partial charge in [0.05, 0.1) is 4.90 Å². The molecule has 0 spiro atoms. The van der Waals surface area contributed by atoms with Crippen molar-refractivity contribution in [2.75, 3.05) is 39.3 Å². The zero-order valence-corrected chi connectivity index (χ0v) is 17.8. The van der Waals surface area contributed by atoms with E-state index in [1.807, 2.05) is 4.90 Å². The molecule has 0 unspecified atom stereocenters. The molecular weight excluding hydrogens is 398 g/mol. The van der Waals surface area contributed by atoms with E-state index in [4.69, 9.17) is 0 Å². The molecule has 3 aliphatic heterocycles. The lowest BCUT2D eigenvalue weighted by molar-refractivity contribution is 0.0758. The molecule has 4 rings (SSSR count). The van der Waals surface area contributed by atoms with Gasteiger partial charge in [0.25, 0.3) is 5.91 Å². The summed E-state index contributed by atoms with van der Waals surface area (Å²) in [5, 5.41) is 3.45. The van der Waals surface area contributed by atoms with Gasteiger partial charge in [-0.05, 0) is 74.9 Å². The minimum atomic E-state index is -3.44. The Labute approximate surface area is 174 Å². The maximum Gasteiger partial charge on any atom is 0.253 e. The number of hydrogen-bond donors (Lipinski definition) is 1. The lowest BCUT2D eigenvalue weighted by Gasteiger charge is -2.26. The quantitative estimate of drug-likeness (QED) is 0.803. The molecule has 0 aromatic heterocycles. The zero-order chi connectivity index (χ0) is 18.9. The summed E-state index contributed by atoms with van der Waals surface area (Å²) in [6.07, 6.45) is 5.02. The first-order valence-electron chi connectivity index (χ1n) is 10.2. The largest absolute Gasteiger partial charge is 0.339 e. The summed E-state index contributed by atoms with van der Waals surface area (Å²) in [7, 11) is -3.44. The van der Waals surface area contributed by atoms with Gasteiger partial charge in [0.15, 0.2) is 0 Å². The molecule has 0 saturated carbocycles. The van der Waals surface area contributed by atoms with Crippen molar-refractivity contribution in [3.05, 3.63) is 29.8 Å². The highest BCUT2D eigenvalue weighted by Crippen LogP contribution is 2.28. The van der Waals surface area contributed by atoms with Crippen LogP contribution in [0.4, 0.5) is 0 Å². The van der Waals surface area contributed by atoms with Crippen LogP contribution in [0.3, 0.4) is 0 Å². The van der Waals surface area contributed by atoms with Crippen molar-refractivity contribution in [1.82, 2.24) is 14.5 Å². The highest BCUT2D eigenvalue weighted by molar-refractivity contribution is 7.89. The standard InChI is InChI=1S/C20H29N3O3S.ClH/c24-20(22-12-8-17-14-21-15-18(17)9-13-22)16-4-6-19(7-5-16)27(25,26)23-10-2-1-3-11-23;/h4-7,17-18,21H,1-3,8-15H2;1H/t17-,18+;. The normalized spacial score (nSPS) is 26.2. The van der Waals surface area contributed by atoms with E-state index in [0.29, 0.717) is 30.5 Å². The van der Waals surface area contributed by atoms with Crippen molar-refractivity contribution >= 4 is 28.3 Å². The van der Waals surface area contributed by atoms with Gasteiger partial charge in [0, 0.05) is 31.7 Å². The van der Waals surface area contributed by atoms with Crippen LogP contribution in [0.15, 0.2) is 29.2 Å². The molecule has 3 aliphatic rings. The molecule has 1 aromatic carbocycles. The number of sulfonamides is 1. The summed E-state index contributed by atoms with van der Waals surface area (Å²) in [6, 6.07) is 6.53. The first kappa shape index (κ1) is 21.6. The van der Waals surface area contributed by atoms with E-state index in [9.17, 15) is 13.2 Å². The van der Waals surface area contributed by atoms with Crippen molar-refractivity contribution in [3.63, 3.8) is 0 Å². The average Bonchev–Trinajstić information content (AvgIpc) is 3.06.